The van der Waals surface area contributed by atoms with Gasteiger partial charge in [0, 0.05) is 10.6 Å². The monoisotopic (exact) mass is 294 g/mol. The molecule has 19 heavy (non-hydrogen) atoms. The Morgan fingerprint density at radius 3 is 2.68 bits per heavy atom. The molecule has 2 rings (SSSR count). The Balaban J connectivity index is 2.60. The van der Waals surface area contributed by atoms with E-state index in [4.69, 9.17) is 34.3 Å². The third kappa shape index (κ3) is 2.77. The molecule has 0 saturated carbocycles. The topological polar surface area (TPSA) is 68.1 Å². The van der Waals surface area contributed by atoms with Gasteiger partial charge < -0.3 is 15.5 Å². The van der Waals surface area contributed by atoms with E-state index in [2.05, 4.69) is 4.98 Å². The van der Waals surface area contributed by atoms with Gasteiger partial charge in [-0.2, -0.15) is 0 Å². The highest BCUT2D eigenvalue weighted by molar-refractivity contribution is 7.80. The number of halogens is 1. The lowest BCUT2D eigenvalue weighted by Crippen LogP contribution is -2.22. The van der Waals surface area contributed by atoms with Gasteiger partial charge in [0.2, 0.25) is 0 Å². The van der Waals surface area contributed by atoms with Gasteiger partial charge in [-0.15, -0.1) is 0 Å². The SMILES string of the molecule is COc1ccc(Cl)cc1-c1ccc(C(N)=S)c(=O)[nH]1. The predicted molar refractivity (Wildman–Crippen MR) is 79.9 cm³/mol. The summed E-state index contributed by atoms with van der Waals surface area (Å²) in [6.07, 6.45) is 0. The third-order valence-corrected chi connectivity index (χ3v) is 3.08. The van der Waals surface area contributed by atoms with Crippen LogP contribution >= 0.6 is 23.8 Å². The highest BCUT2D eigenvalue weighted by Crippen LogP contribution is 2.30. The molecule has 0 spiro atoms. The quantitative estimate of drug-likeness (QED) is 0.853. The molecular formula is C13H11ClN2O2S. The molecule has 0 fully saturated rings. The van der Waals surface area contributed by atoms with E-state index in [1.165, 1.54) is 0 Å². The van der Waals surface area contributed by atoms with Crippen molar-refractivity contribution in [1.82, 2.24) is 4.98 Å². The summed E-state index contributed by atoms with van der Waals surface area (Å²) in [7, 11) is 1.55. The van der Waals surface area contributed by atoms with Crippen LogP contribution in [0.15, 0.2) is 35.1 Å². The van der Waals surface area contributed by atoms with Gasteiger partial charge in [0.15, 0.2) is 0 Å². The van der Waals surface area contributed by atoms with Crippen molar-refractivity contribution in [1.29, 1.82) is 0 Å². The summed E-state index contributed by atoms with van der Waals surface area (Å²) in [4.78, 5) is 14.6. The molecule has 2 aromatic rings. The average molecular weight is 295 g/mol. The first-order chi connectivity index (χ1) is 9.02. The van der Waals surface area contributed by atoms with E-state index in [-0.39, 0.29) is 16.1 Å². The van der Waals surface area contributed by atoms with Gasteiger partial charge in [0.05, 0.1) is 18.4 Å². The third-order valence-electron chi connectivity index (χ3n) is 2.63. The van der Waals surface area contributed by atoms with Gasteiger partial charge in [0.1, 0.15) is 10.7 Å². The largest absolute Gasteiger partial charge is 0.496 e. The van der Waals surface area contributed by atoms with Crippen LogP contribution in [0.5, 0.6) is 5.75 Å². The van der Waals surface area contributed by atoms with Crippen LogP contribution in [0.4, 0.5) is 0 Å². The van der Waals surface area contributed by atoms with Gasteiger partial charge in [-0.05, 0) is 30.3 Å². The molecule has 0 atom stereocenters. The number of H-pyrrole nitrogens is 1. The van der Waals surface area contributed by atoms with Crippen molar-refractivity contribution in [2.75, 3.05) is 7.11 Å². The Labute approximate surface area is 120 Å². The molecule has 4 nitrogen and oxygen atoms in total. The van der Waals surface area contributed by atoms with E-state index in [0.29, 0.717) is 22.0 Å². The number of hydrogen-bond donors (Lipinski definition) is 2. The lowest BCUT2D eigenvalue weighted by Gasteiger charge is -2.09. The Kier molecular flexibility index (Phi) is 3.87. The number of rotatable bonds is 3. The number of benzene rings is 1. The standard InChI is InChI=1S/C13H11ClN2O2S/c1-18-11-5-2-7(14)6-9(11)10-4-3-8(12(15)19)13(17)16-10/h2-6H,1H3,(H2,15,19)(H,16,17). The van der Waals surface area contributed by atoms with Crippen LogP contribution < -0.4 is 16.0 Å². The lowest BCUT2D eigenvalue weighted by molar-refractivity contribution is 0.416. The number of aromatic nitrogens is 1. The number of nitrogens with two attached hydrogens (primary N) is 1. The minimum Gasteiger partial charge on any atom is -0.496 e. The molecule has 0 unspecified atom stereocenters. The second-order valence-corrected chi connectivity index (χ2v) is 4.70. The maximum absolute atomic E-state index is 11.8. The molecule has 0 saturated heterocycles. The van der Waals surface area contributed by atoms with Crippen molar-refractivity contribution >= 4 is 28.8 Å². The smallest absolute Gasteiger partial charge is 0.258 e. The highest BCUT2D eigenvalue weighted by atomic mass is 35.5. The second kappa shape index (κ2) is 5.42. The minimum atomic E-state index is -0.341. The molecular weight excluding hydrogens is 284 g/mol. The van der Waals surface area contributed by atoms with E-state index >= 15 is 0 Å². The summed E-state index contributed by atoms with van der Waals surface area (Å²) in [5.41, 5.74) is 6.67. The van der Waals surface area contributed by atoms with Gasteiger partial charge in [-0.1, -0.05) is 23.8 Å². The zero-order valence-electron chi connectivity index (χ0n) is 10.1. The van der Waals surface area contributed by atoms with Crippen molar-refractivity contribution in [3.05, 3.63) is 51.3 Å². The van der Waals surface area contributed by atoms with Crippen LogP contribution in [0.1, 0.15) is 5.56 Å². The van der Waals surface area contributed by atoms with Gasteiger partial charge in [0.25, 0.3) is 5.56 Å². The summed E-state index contributed by atoms with van der Waals surface area (Å²) in [5, 5.41) is 0.551. The van der Waals surface area contributed by atoms with Crippen molar-refractivity contribution < 1.29 is 4.74 Å². The van der Waals surface area contributed by atoms with E-state index in [1.54, 1.807) is 37.4 Å². The molecule has 3 N–H and O–H groups in total. The summed E-state index contributed by atoms with van der Waals surface area (Å²) >= 11 is 10.7. The molecule has 6 heteroatoms. The average Bonchev–Trinajstić information content (AvgIpc) is 2.38. The fourth-order valence-electron chi connectivity index (χ4n) is 1.72. The molecule has 0 bridgehead atoms. The minimum absolute atomic E-state index is 0.0610. The maximum Gasteiger partial charge on any atom is 0.258 e. The molecule has 1 aromatic carbocycles. The zero-order chi connectivity index (χ0) is 14.0. The van der Waals surface area contributed by atoms with E-state index < -0.39 is 0 Å². The van der Waals surface area contributed by atoms with E-state index in [9.17, 15) is 4.79 Å². The first-order valence-corrected chi connectivity index (χ1v) is 6.18. The maximum atomic E-state index is 11.8. The van der Waals surface area contributed by atoms with Crippen LogP contribution in [-0.2, 0) is 0 Å². The normalized spacial score (nSPS) is 10.2. The van der Waals surface area contributed by atoms with Crippen LogP contribution in [0.2, 0.25) is 5.02 Å². The molecule has 0 amide bonds. The number of nitrogens with one attached hydrogen (secondary N) is 1. The number of methoxy groups -OCH3 is 1. The molecule has 1 heterocycles. The summed E-state index contributed by atoms with van der Waals surface area (Å²) in [5.74, 6) is 0.614. The molecule has 1 aromatic heterocycles. The highest BCUT2D eigenvalue weighted by Gasteiger charge is 2.10. The molecule has 98 valence electrons. The fourth-order valence-corrected chi connectivity index (χ4v) is 2.05. The Morgan fingerprint density at radius 2 is 2.11 bits per heavy atom. The van der Waals surface area contributed by atoms with Crippen LogP contribution in [0.3, 0.4) is 0 Å². The van der Waals surface area contributed by atoms with Crippen LogP contribution in [-0.4, -0.2) is 17.1 Å². The Hall–Kier alpha value is -1.85. The molecule has 0 radical (unpaired) electrons. The van der Waals surface area contributed by atoms with Crippen molar-refractivity contribution in [2.24, 2.45) is 5.73 Å². The predicted octanol–water partition coefficient (Wildman–Crippen LogP) is 2.34. The van der Waals surface area contributed by atoms with Gasteiger partial charge in [-0.25, -0.2) is 0 Å². The number of aromatic amines is 1. The van der Waals surface area contributed by atoms with Crippen LogP contribution in [0, 0.1) is 0 Å². The number of ether oxygens (including phenoxy) is 1. The van der Waals surface area contributed by atoms with Crippen molar-refractivity contribution in [3.63, 3.8) is 0 Å². The Bertz CT molecular complexity index is 697. The van der Waals surface area contributed by atoms with Crippen molar-refractivity contribution in [2.45, 2.75) is 0 Å². The van der Waals surface area contributed by atoms with E-state index in [0.717, 1.165) is 0 Å². The number of pyridine rings is 1. The number of thiocarbonyl (C=S) groups is 1. The van der Waals surface area contributed by atoms with Gasteiger partial charge in [-0.3, -0.25) is 4.79 Å². The summed E-state index contributed by atoms with van der Waals surface area (Å²) in [6.45, 7) is 0. The first-order valence-electron chi connectivity index (χ1n) is 5.40. The van der Waals surface area contributed by atoms with E-state index in [1.807, 2.05) is 0 Å². The summed E-state index contributed by atoms with van der Waals surface area (Å²) < 4.78 is 5.24. The number of hydrogen-bond acceptors (Lipinski definition) is 3. The van der Waals surface area contributed by atoms with Crippen LogP contribution in [0.25, 0.3) is 11.3 Å². The summed E-state index contributed by atoms with van der Waals surface area (Å²) in [6, 6.07) is 8.45. The second-order valence-electron chi connectivity index (χ2n) is 3.82. The zero-order valence-corrected chi connectivity index (χ0v) is 11.6. The Morgan fingerprint density at radius 1 is 1.37 bits per heavy atom. The van der Waals surface area contributed by atoms with Gasteiger partial charge >= 0.3 is 0 Å². The lowest BCUT2D eigenvalue weighted by atomic mass is 10.1. The molecule has 0 aliphatic carbocycles. The fraction of sp³-hybridized carbons (Fsp3) is 0.0769. The first kappa shape index (κ1) is 13.6. The molecule has 0 aliphatic rings. The van der Waals surface area contributed by atoms with Crippen molar-refractivity contribution in [3.8, 4) is 17.0 Å². The molecule has 0 aliphatic heterocycles.